The Balaban J connectivity index is 1.63. The van der Waals surface area contributed by atoms with Gasteiger partial charge in [-0.25, -0.2) is 0 Å². The van der Waals surface area contributed by atoms with E-state index in [2.05, 4.69) is 51.5 Å². The summed E-state index contributed by atoms with van der Waals surface area (Å²) in [6, 6.07) is 8.24. The summed E-state index contributed by atoms with van der Waals surface area (Å²) >= 11 is 0. The van der Waals surface area contributed by atoms with Crippen molar-refractivity contribution in [2.75, 3.05) is 73.7 Å². The first-order chi connectivity index (χ1) is 15.1. The maximum Gasteiger partial charge on any atom is 0.191 e. The van der Waals surface area contributed by atoms with Gasteiger partial charge in [0.2, 0.25) is 0 Å². The van der Waals surface area contributed by atoms with Crippen molar-refractivity contribution in [3.63, 3.8) is 0 Å². The Hall–Kier alpha value is -1.83. The van der Waals surface area contributed by atoms with E-state index in [1.807, 2.05) is 19.2 Å². The number of likely N-dealkylation sites (N-methyl/N-ethyl adjacent to an activating group) is 1. The molecule has 1 aliphatic heterocycles. The molecule has 2 N–H and O–H groups in total. The van der Waals surface area contributed by atoms with E-state index in [1.165, 1.54) is 31.5 Å². The van der Waals surface area contributed by atoms with Gasteiger partial charge in [-0.05, 0) is 69.6 Å². The Labute approximate surface area is 189 Å². The number of aliphatic imine (C=N–C) groups is 1. The van der Waals surface area contributed by atoms with Crippen LogP contribution in [0.5, 0.6) is 5.75 Å². The van der Waals surface area contributed by atoms with E-state index in [0.29, 0.717) is 13.2 Å². The van der Waals surface area contributed by atoms with Crippen molar-refractivity contribution >= 4 is 5.96 Å². The quantitative estimate of drug-likeness (QED) is 0.283. The van der Waals surface area contributed by atoms with Crippen molar-refractivity contribution in [1.29, 1.82) is 0 Å². The van der Waals surface area contributed by atoms with Crippen LogP contribution in [0.15, 0.2) is 29.3 Å². The van der Waals surface area contributed by atoms with Crippen molar-refractivity contribution in [2.24, 2.45) is 10.9 Å². The van der Waals surface area contributed by atoms with Gasteiger partial charge >= 0.3 is 0 Å². The van der Waals surface area contributed by atoms with Crippen LogP contribution in [-0.2, 0) is 11.3 Å². The summed E-state index contributed by atoms with van der Waals surface area (Å²) in [5.74, 6) is 2.64. The van der Waals surface area contributed by atoms with Gasteiger partial charge in [-0.1, -0.05) is 19.1 Å². The van der Waals surface area contributed by atoms with Gasteiger partial charge in [0.15, 0.2) is 5.96 Å². The van der Waals surface area contributed by atoms with E-state index in [-0.39, 0.29) is 0 Å². The molecule has 0 amide bonds. The minimum absolute atomic E-state index is 0.663. The Morgan fingerprint density at radius 2 is 1.97 bits per heavy atom. The molecule has 0 atom stereocenters. The molecule has 0 bridgehead atoms. The Bertz CT molecular complexity index is 632. The van der Waals surface area contributed by atoms with Crippen molar-refractivity contribution in [1.82, 2.24) is 20.4 Å². The largest absolute Gasteiger partial charge is 0.492 e. The third-order valence-electron chi connectivity index (χ3n) is 5.82. The minimum atomic E-state index is 0.663. The number of nitrogens with zero attached hydrogens (tertiary/aromatic N) is 3. The molecule has 1 aliphatic rings. The Morgan fingerprint density at radius 3 is 2.71 bits per heavy atom. The lowest BCUT2D eigenvalue weighted by atomic mass is 9.99. The normalized spacial score (nSPS) is 16.0. The van der Waals surface area contributed by atoms with Gasteiger partial charge in [-0.2, -0.15) is 0 Å². The summed E-state index contributed by atoms with van der Waals surface area (Å²) in [5.41, 5.74) is 1.18. The third kappa shape index (κ3) is 10.8. The molecule has 0 aromatic heterocycles. The molecule has 1 aromatic rings. The number of ether oxygens (including phenoxy) is 2. The van der Waals surface area contributed by atoms with Crippen LogP contribution in [0.1, 0.15) is 31.7 Å². The van der Waals surface area contributed by atoms with Crippen LogP contribution >= 0.6 is 0 Å². The van der Waals surface area contributed by atoms with Crippen LogP contribution in [0.4, 0.5) is 0 Å². The molecule has 7 heteroatoms. The lowest BCUT2D eigenvalue weighted by molar-refractivity contribution is 0.150. The molecule has 176 valence electrons. The first-order valence-electron chi connectivity index (χ1n) is 11.7. The number of rotatable bonds is 13. The van der Waals surface area contributed by atoms with Crippen molar-refractivity contribution < 1.29 is 9.47 Å². The predicted octanol–water partition coefficient (Wildman–Crippen LogP) is 2.43. The smallest absolute Gasteiger partial charge is 0.191 e. The first kappa shape index (κ1) is 25.4. The van der Waals surface area contributed by atoms with Gasteiger partial charge in [0, 0.05) is 40.3 Å². The maximum atomic E-state index is 5.91. The molecule has 0 radical (unpaired) electrons. The highest BCUT2D eigenvalue weighted by atomic mass is 16.5. The van der Waals surface area contributed by atoms with Gasteiger partial charge in [-0.15, -0.1) is 0 Å². The molecule has 1 saturated heterocycles. The van der Waals surface area contributed by atoms with Gasteiger partial charge in [-0.3, -0.25) is 4.99 Å². The zero-order valence-corrected chi connectivity index (χ0v) is 20.0. The van der Waals surface area contributed by atoms with Crippen LogP contribution in [0.2, 0.25) is 0 Å². The zero-order valence-electron chi connectivity index (χ0n) is 20.0. The van der Waals surface area contributed by atoms with Crippen LogP contribution in [0.3, 0.4) is 0 Å². The van der Waals surface area contributed by atoms with E-state index in [0.717, 1.165) is 56.8 Å². The Kier molecular flexibility index (Phi) is 12.3. The first-order valence-corrected chi connectivity index (χ1v) is 11.7. The second-order valence-corrected chi connectivity index (χ2v) is 8.52. The second kappa shape index (κ2) is 15.1. The highest BCUT2D eigenvalue weighted by molar-refractivity contribution is 5.79. The van der Waals surface area contributed by atoms with E-state index in [1.54, 1.807) is 7.11 Å². The number of likely N-dealkylation sites (tertiary alicyclic amines) is 1. The van der Waals surface area contributed by atoms with Gasteiger partial charge in [0.05, 0.1) is 6.61 Å². The van der Waals surface area contributed by atoms with Crippen LogP contribution in [0, 0.1) is 5.92 Å². The molecular weight excluding hydrogens is 390 g/mol. The second-order valence-electron chi connectivity index (χ2n) is 8.52. The summed E-state index contributed by atoms with van der Waals surface area (Å²) in [7, 11) is 5.62. The number of hydrogen-bond acceptors (Lipinski definition) is 5. The van der Waals surface area contributed by atoms with Crippen molar-refractivity contribution in [3.05, 3.63) is 29.8 Å². The van der Waals surface area contributed by atoms with Gasteiger partial charge in [0.1, 0.15) is 12.4 Å². The highest BCUT2D eigenvalue weighted by Gasteiger charge is 2.14. The third-order valence-corrected chi connectivity index (χ3v) is 5.82. The summed E-state index contributed by atoms with van der Waals surface area (Å²) in [6.45, 7) is 10.9. The van der Waals surface area contributed by atoms with E-state index >= 15 is 0 Å². The van der Waals surface area contributed by atoms with Gasteiger partial charge in [0.25, 0.3) is 0 Å². The van der Waals surface area contributed by atoms with Gasteiger partial charge < -0.3 is 29.9 Å². The summed E-state index contributed by atoms with van der Waals surface area (Å²) in [4.78, 5) is 9.13. The van der Waals surface area contributed by atoms with Crippen LogP contribution < -0.4 is 15.4 Å². The topological polar surface area (TPSA) is 61.4 Å². The van der Waals surface area contributed by atoms with E-state index in [4.69, 9.17) is 9.47 Å². The number of methoxy groups -OCH3 is 1. The van der Waals surface area contributed by atoms with Crippen LogP contribution in [0.25, 0.3) is 0 Å². The standard InChI is InChI=1S/C24H43N5O2/c1-21-9-13-29(14-10-21)12-6-11-26-24(25-2)27-20-22-7-5-8-23(19-22)31-18-16-28(3)15-17-30-4/h5,7-8,19,21H,6,9-18,20H2,1-4H3,(H2,25,26,27). The summed E-state index contributed by atoms with van der Waals surface area (Å²) < 4.78 is 11.0. The molecule has 7 nitrogen and oxygen atoms in total. The van der Waals surface area contributed by atoms with E-state index in [9.17, 15) is 0 Å². The molecule has 2 rings (SSSR count). The number of piperidine rings is 1. The monoisotopic (exact) mass is 433 g/mol. The molecule has 0 unspecified atom stereocenters. The highest BCUT2D eigenvalue weighted by Crippen LogP contribution is 2.16. The molecule has 0 aliphatic carbocycles. The number of guanidine groups is 1. The molecule has 31 heavy (non-hydrogen) atoms. The SMILES string of the molecule is CN=C(NCCCN1CCC(C)CC1)NCc1cccc(OCCN(C)CCOC)c1. The fraction of sp³-hybridized carbons (Fsp3) is 0.708. The average Bonchev–Trinajstić information content (AvgIpc) is 2.78. The average molecular weight is 434 g/mol. The predicted molar refractivity (Wildman–Crippen MR) is 129 cm³/mol. The van der Waals surface area contributed by atoms with Crippen molar-refractivity contribution in [2.45, 2.75) is 32.7 Å². The molecule has 0 spiro atoms. The lowest BCUT2D eigenvalue weighted by Gasteiger charge is -2.30. The minimum Gasteiger partial charge on any atom is -0.492 e. The number of nitrogens with one attached hydrogen (secondary N) is 2. The Morgan fingerprint density at radius 1 is 1.19 bits per heavy atom. The lowest BCUT2D eigenvalue weighted by Crippen LogP contribution is -2.39. The number of hydrogen-bond donors (Lipinski definition) is 2. The van der Waals surface area contributed by atoms with Crippen LogP contribution in [-0.4, -0.2) is 89.4 Å². The van der Waals surface area contributed by atoms with E-state index < -0.39 is 0 Å². The molecule has 1 heterocycles. The molecular formula is C24H43N5O2. The molecule has 0 saturated carbocycles. The summed E-state index contributed by atoms with van der Waals surface area (Å²) in [5, 5.41) is 6.83. The van der Waals surface area contributed by atoms with Crippen molar-refractivity contribution in [3.8, 4) is 5.75 Å². The molecule has 1 aromatic carbocycles. The maximum absolute atomic E-state index is 5.91. The number of benzene rings is 1. The molecule has 1 fully saturated rings. The fourth-order valence-electron chi connectivity index (χ4n) is 3.63. The zero-order chi connectivity index (χ0) is 22.3. The fourth-order valence-corrected chi connectivity index (χ4v) is 3.63. The summed E-state index contributed by atoms with van der Waals surface area (Å²) in [6.07, 6.45) is 3.81.